The fraction of sp³-hybridized carbons (Fsp3) is 0.400. The third kappa shape index (κ3) is 6.06. The molecule has 2 rings (SSSR count). The van der Waals surface area contributed by atoms with E-state index in [2.05, 4.69) is 0 Å². The van der Waals surface area contributed by atoms with Crippen molar-refractivity contribution in [2.45, 2.75) is 33.4 Å². The van der Waals surface area contributed by atoms with Crippen molar-refractivity contribution in [3.05, 3.63) is 52.4 Å². The Morgan fingerprint density at radius 3 is 2.37 bits per heavy atom. The van der Waals surface area contributed by atoms with E-state index in [1.54, 1.807) is 34.1 Å². The van der Waals surface area contributed by atoms with Crippen LogP contribution < -0.4 is 19.6 Å². The molecule has 0 saturated heterocycles. The molecule has 0 radical (unpaired) electrons. The van der Waals surface area contributed by atoms with Crippen LogP contribution in [0.2, 0.25) is 0 Å². The van der Waals surface area contributed by atoms with Crippen LogP contribution in [-0.4, -0.2) is 37.0 Å². The highest BCUT2D eigenvalue weighted by Crippen LogP contribution is 2.17. The first-order valence-electron chi connectivity index (χ1n) is 8.70. The molecule has 0 unspecified atom stereocenters. The molecule has 0 aliphatic carbocycles. The van der Waals surface area contributed by atoms with E-state index in [9.17, 15) is 9.59 Å². The van der Waals surface area contributed by atoms with Crippen molar-refractivity contribution in [3.8, 4) is 17.2 Å². The average Bonchev–Trinajstić information content (AvgIpc) is 2.63. The van der Waals surface area contributed by atoms with Crippen molar-refractivity contribution in [2.75, 3.05) is 20.3 Å². The number of methoxy groups -OCH3 is 1. The second-order valence-electron chi connectivity index (χ2n) is 6.14. The molecule has 1 aromatic carbocycles. The Morgan fingerprint density at radius 2 is 1.74 bits per heavy atom. The van der Waals surface area contributed by atoms with E-state index in [0.717, 1.165) is 11.5 Å². The van der Waals surface area contributed by atoms with Crippen LogP contribution in [0.25, 0.3) is 0 Å². The molecule has 0 fully saturated rings. The third-order valence-electron chi connectivity index (χ3n) is 3.75. The SMILES string of the molecule is COc1ccc(OCCn2ccc(=O)c(OCC(=O)OC(C)C)c2C)cc1. The number of pyridine rings is 1. The number of esters is 1. The van der Waals surface area contributed by atoms with Crippen molar-refractivity contribution in [2.24, 2.45) is 0 Å². The molecule has 2 aromatic rings. The van der Waals surface area contributed by atoms with Crippen LogP contribution in [0.15, 0.2) is 41.3 Å². The lowest BCUT2D eigenvalue weighted by molar-refractivity contribution is -0.149. The quantitative estimate of drug-likeness (QED) is 0.627. The lowest BCUT2D eigenvalue weighted by Gasteiger charge is -2.15. The van der Waals surface area contributed by atoms with Gasteiger partial charge in [0.1, 0.15) is 18.1 Å². The van der Waals surface area contributed by atoms with E-state index < -0.39 is 5.97 Å². The maximum absolute atomic E-state index is 12.0. The van der Waals surface area contributed by atoms with Gasteiger partial charge in [0.2, 0.25) is 5.43 Å². The predicted molar refractivity (Wildman–Crippen MR) is 101 cm³/mol. The average molecular weight is 375 g/mol. The van der Waals surface area contributed by atoms with Crippen molar-refractivity contribution >= 4 is 5.97 Å². The zero-order valence-electron chi connectivity index (χ0n) is 16.1. The summed E-state index contributed by atoms with van der Waals surface area (Å²) in [4.78, 5) is 23.7. The van der Waals surface area contributed by atoms with Gasteiger partial charge in [0, 0.05) is 12.3 Å². The normalized spacial score (nSPS) is 10.6. The Labute approximate surface area is 158 Å². The van der Waals surface area contributed by atoms with Gasteiger partial charge in [0.15, 0.2) is 12.4 Å². The number of hydrogen-bond donors (Lipinski definition) is 0. The van der Waals surface area contributed by atoms with E-state index in [0.29, 0.717) is 18.8 Å². The summed E-state index contributed by atoms with van der Waals surface area (Å²) in [5.41, 5.74) is 0.343. The van der Waals surface area contributed by atoms with Gasteiger partial charge in [-0.3, -0.25) is 4.79 Å². The summed E-state index contributed by atoms with van der Waals surface area (Å²) in [6.45, 7) is 5.89. The van der Waals surface area contributed by atoms with E-state index in [4.69, 9.17) is 18.9 Å². The van der Waals surface area contributed by atoms with Crippen LogP contribution >= 0.6 is 0 Å². The summed E-state index contributed by atoms with van der Waals surface area (Å²) in [5.74, 6) is 1.11. The van der Waals surface area contributed by atoms with E-state index in [-0.39, 0.29) is 23.9 Å². The maximum Gasteiger partial charge on any atom is 0.344 e. The number of rotatable bonds is 9. The minimum Gasteiger partial charge on any atom is -0.497 e. The van der Waals surface area contributed by atoms with Crippen molar-refractivity contribution in [1.82, 2.24) is 4.57 Å². The molecule has 27 heavy (non-hydrogen) atoms. The Kier molecular flexibility index (Phi) is 7.28. The second-order valence-corrected chi connectivity index (χ2v) is 6.14. The maximum atomic E-state index is 12.0. The number of ether oxygens (including phenoxy) is 4. The number of benzene rings is 1. The second kappa shape index (κ2) is 9.66. The molecule has 146 valence electrons. The molecule has 0 atom stereocenters. The van der Waals surface area contributed by atoms with Gasteiger partial charge in [-0.15, -0.1) is 0 Å². The van der Waals surface area contributed by atoms with Crippen LogP contribution in [-0.2, 0) is 16.1 Å². The fourth-order valence-electron chi connectivity index (χ4n) is 2.43. The molecular formula is C20H25NO6. The van der Waals surface area contributed by atoms with E-state index in [1.165, 1.54) is 6.07 Å². The Morgan fingerprint density at radius 1 is 1.07 bits per heavy atom. The van der Waals surface area contributed by atoms with E-state index >= 15 is 0 Å². The van der Waals surface area contributed by atoms with Crippen LogP contribution in [0, 0.1) is 6.92 Å². The van der Waals surface area contributed by atoms with Crippen molar-refractivity contribution in [1.29, 1.82) is 0 Å². The Bertz CT molecular complexity index is 810. The standard InChI is InChI=1S/C20H25NO6/c1-14(2)27-19(23)13-26-20-15(3)21(10-9-18(20)22)11-12-25-17-7-5-16(24-4)6-8-17/h5-10,14H,11-13H2,1-4H3. The van der Waals surface area contributed by atoms with Crippen LogP contribution in [0.4, 0.5) is 0 Å². The Hall–Kier alpha value is -2.96. The molecule has 0 N–H and O–H groups in total. The first-order valence-corrected chi connectivity index (χ1v) is 8.70. The van der Waals surface area contributed by atoms with E-state index in [1.807, 2.05) is 28.8 Å². The highest BCUT2D eigenvalue weighted by atomic mass is 16.6. The molecule has 1 heterocycles. The van der Waals surface area contributed by atoms with Gasteiger partial charge in [-0.2, -0.15) is 0 Å². The monoisotopic (exact) mass is 375 g/mol. The minimum atomic E-state index is -0.512. The zero-order chi connectivity index (χ0) is 19.8. The molecule has 0 bridgehead atoms. The van der Waals surface area contributed by atoms with Crippen LogP contribution in [0.5, 0.6) is 17.2 Å². The van der Waals surface area contributed by atoms with Gasteiger partial charge in [0.05, 0.1) is 25.5 Å². The van der Waals surface area contributed by atoms with Crippen LogP contribution in [0.1, 0.15) is 19.5 Å². The molecule has 0 aliphatic heterocycles. The van der Waals surface area contributed by atoms with Gasteiger partial charge in [-0.1, -0.05) is 0 Å². The number of carbonyl (C=O) groups excluding carboxylic acids is 1. The van der Waals surface area contributed by atoms with Crippen molar-refractivity contribution < 1.29 is 23.7 Å². The molecule has 0 amide bonds. The molecule has 0 aliphatic rings. The number of nitrogens with zero attached hydrogens (tertiary/aromatic N) is 1. The van der Waals surface area contributed by atoms with Crippen molar-refractivity contribution in [3.63, 3.8) is 0 Å². The van der Waals surface area contributed by atoms with Crippen LogP contribution in [0.3, 0.4) is 0 Å². The van der Waals surface area contributed by atoms with Gasteiger partial charge >= 0.3 is 5.97 Å². The molecular weight excluding hydrogens is 350 g/mol. The number of aromatic nitrogens is 1. The first kappa shape index (κ1) is 20.4. The summed E-state index contributed by atoms with van der Waals surface area (Å²) in [5, 5.41) is 0. The highest BCUT2D eigenvalue weighted by Gasteiger charge is 2.12. The summed E-state index contributed by atoms with van der Waals surface area (Å²) in [6, 6.07) is 8.70. The predicted octanol–water partition coefficient (Wildman–Crippen LogP) is 2.57. The summed E-state index contributed by atoms with van der Waals surface area (Å²) in [6.07, 6.45) is 1.44. The number of carbonyl (C=O) groups is 1. The molecule has 1 aromatic heterocycles. The fourth-order valence-corrected chi connectivity index (χ4v) is 2.43. The van der Waals surface area contributed by atoms with Gasteiger partial charge in [-0.05, 0) is 45.0 Å². The molecule has 7 nitrogen and oxygen atoms in total. The number of hydrogen-bond acceptors (Lipinski definition) is 6. The lowest BCUT2D eigenvalue weighted by atomic mass is 10.3. The van der Waals surface area contributed by atoms with Gasteiger partial charge in [-0.25, -0.2) is 4.79 Å². The molecule has 7 heteroatoms. The summed E-state index contributed by atoms with van der Waals surface area (Å²) >= 11 is 0. The summed E-state index contributed by atoms with van der Waals surface area (Å²) < 4.78 is 23.1. The third-order valence-corrected chi connectivity index (χ3v) is 3.75. The van der Waals surface area contributed by atoms with Gasteiger partial charge in [0.25, 0.3) is 0 Å². The largest absolute Gasteiger partial charge is 0.497 e. The Balaban J connectivity index is 1.96. The summed E-state index contributed by atoms with van der Waals surface area (Å²) in [7, 11) is 1.61. The minimum absolute atomic E-state index is 0.141. The highest BCUT2D eigenvalue weighted by molar-refractivity contribution is 5.71. The zero-order valence-corrected chi connectivity index (χ0v) is 16.1. The van der Waals surface area contributed by atoms with Gasteiger partial charge < -0.3 is 23.5 Å². The lowest BCUT2D eigenvalue weighted by Crippen LogP contribution is -2.23. The molecule has 0 spiro atoms. The smallest absolute Gasteiger partial charge is 0.344 e. The molecule has 0 saturated carbocycles. The first-order chi connectivity index (χ1) is 12.9. The topological polar surface area (TPSA) is 76.0 Å².